The van der Waals surface area contributed by atoms with Crippen LogP contribution >= 0.6 is 0 Å². The van der Waals surface area contributed by atoms with Gasteiger partial charge in [0.05, 0.1) is 17.4 Å². The van der Waals surface area contributed by atoms with Crippen LogP contribution in [-0.4, -0.2) is 6.17 Å². The highest BCUT2D eigenvalue weighted by Gasteiger charge is 2.53. The van der Waals surface area contributed by atoms with E-state index >= 15 is 0 Å². The molecular weight excluding hydrogens is 268 g/mol. The quantitative estimate of drug-likeness (QED) is 0.688. The van der Waals surface area contributed by atoms with Gasteiger partial charge < -0.3 is 10.2 Å². The number of hydrogen-bond acceptors (Lipinski definition) is 2. The minimum atomic E-state index is 0.420. The normalized spacial score (nSPS) is 21.0. The van der Waals surface area contributed by atoms with E-state index in [1.54, 1.807) is 0 Å². The predicted octanol–water partition coefficient (Wildman–Crippen LogP) is 4.67. The van der Waals surface area contributed by atoms with E-state index in [1.165, 1.54) is 28.1 Å². The van der Waals surface area contributed by atoms with Gasteiger partial charge in [0.25, 0.3) is 0 Å². The van der Waals surface area contributed by atoms with Crippen molar-refractivity contribution in [2.45, 2.75) is 12.2 Å². The third-order valence-corrected chi connectivity index (χ3v) is 4.63. The Balaban J connectivity index is 1.50. The molecule has 0 amide bonds. The molecule has 1 N–H and O–H groups in total. The Morgan fingerprint density at radius 1 is 0.727 bits per heavy atom. The van der Waals surface area contributed by atoms with Gasteiger partial charge >= 0.3 is 0 Å². The predicted molar refractivity (Wildman–Crippen MR) is 91.0 cm³/mol. The zero-order chi connectivity index (χ0) is 14.5. The number of anilines is 2. The van der Waals surface area contributed by atoms with Crippen LogP contribution in [0.15, 0.2) is 78.9 Å². The van der Waals surface area contributed by atoms with Crippen molar-refractivity contribution in [2.75, 3.05) is 10.2 Å². The zero-order valence-electron chi connectivity index (χ0n) is 12.1. The summed E-state index contributed by atoms with van der Waals surface area (Å²) in [4.78, 5) is 2.46. The van der Waals surface area contributed by atoms with E-state index in [0.29, 0.717) is 12.2 Å². The lowest BCUT2D eigenvalue weighted by Crippen LogP contribution is -2.01. The van der Waals surface area contributed by atoms with Crippen LogP contribution in [0.4, 0.5) is 11.4 Å². The number of fused-ring (bicyclic) bond motifs is 3. The molecule has 0 aromatic heterocycles. The molecule has 1 unspecified atom stereocenters. The largest absolute Gasteiger partial charge is 0.362 e. The Kier molecular flexibility index (Phi) is 2.36. The van der Waals surface area contributed by atoms with Crippen molar-refractivity contribution in [3.8, 4) is 11.1 Å². The molecule has 2 aliphatic heterocycles. The van der Waals surface area contributed by atoms with Crippen molar-refractivity contribution in [2.24, 2.45) is 0 Å². The molecule has 2 aliphatic rings. The maximum Gasteiger partial charge on any atom is 0.125 e. The Morgan fingerprint density at radius 2 is 1.50 bits per heavy atom. The standard InChI is InChI=1S/C20H16N2/c1-2-7-14(8-3-1)15-9-6-10-16(13-15)19-20-21-17-11-4-5-12-18(17)22(19)20/h1-13,19-21H/t19?,20-,22?/m0/s1. The summed E-state index contributed by atoms with van der Waals surface area (Å²) < 4.78 is 0. The summed E-state index contributed by atoms with van der Waals surface area (Å²) in [6.07, 6.45) is 0.420. The van der Waals surface area contributed by atoms with Crippen LogP contribution in [0.1, 0.15) is 11.6 Å². The second-order valence-electron chi connectivity index (χ2n) is 5.95. The average Bonchev–Trinajstić information content (AvgIpc) is 3.18. The summed E-state index contributed by atoms with van der Waals surface area (Å²) in [5.74, 6) is 0. The average molecular weight is 284 g/mol. The zero-order valence-corrected chi connectivity index (χ0v) is 12.1. The Hall–Kier alpha value is -2.74. The first-order valence-electron chi connectivity index (χ1n) is 7.71. The monoisotopic (exact) mass is 284 g/mol. The summed E-state index contributed by atoms with van der Waals surface area (Å²) >= 11 is 0. The lowest BCUT2D eigenvalue weighted by atomic mass is 10.0. The number of nitrogens with one attached hydrogen (secondary N) is 1. The lowest BCUT2D eigenvalue weighted by molar-refractivity contribution is 1.04. The molecule has 0 radical (unpaired) electrons. The molecule has 0 saturated carbocycles. The van der Waals surface area contributed by atoms with Crippen molar-refractivity contribution in [3.05, 3.63) is 84.4 Å². The van der Waals surface area contributed by atoms with Gasteiger partial charge in [0.2, 0.25) is 0 Å². The van der Waals surface area contributed by atoms with Crippen molar-refractivity contribution >= 4 is 11.4 Å². The first kappa shape index (κ1) is 11.9. The third kappa shape index (κ3) is 1.67. The molecule has 22 heavy (non-hydrogen) atoms. The molecule has 0 bridgehead atoms. The van der Waals surface area contributed by atoms with Gasteiger partial charge in [-0.1, -0.05) is 60.7 Å². The van der Waals surface area contributed by atoms with Crippen LogP contribution in [0.25, 0.3) is 11.1 Å². The molecular formula is C20H16N2. The van der Waals surface area contributed by atoms with Crippen molar-refractivity contribution in [1.29, 1.82) is 0 Å². The van der Waals surface area contributed by atoms with Crippen LogP contribution in [0.2, 0.25) is 0 Å². The topological polar surface area (TPSA) is 15.0 Å². The van der Waals surface area contributed by atoms with E-state index in [4.69, 9.17) is 0 Å². The molecule has 106 valence electrons. The summed E-state index contributed by atoms with van der Waals surface area (Å²) in [6, 6.07) is 28.5. The van der Waals surface area contributed by atoms with Crippen LogP contribution in [0.5, 0.6) is 0 Å². The first-order chi connectivity index (χ1) is 10.9. The molecule has 1 saturated heterocycles. The van der Waals surface area contributed by atoms with Gasteiger partial charge in [0, 0.05) is 0 Å². The van der Waals surface area contributed by atoms with Gasteiger partial charge in [-0.05, 0) is 34.9 Å². The highest BCUT2D eigenvalue weighted by molar-refractivity contribution is 5.83. The Morgan fingerprint density at radius 3 is 2.41 bits per heavy atom. The molecule has 2 atom stereocenters. The highest BCUT2D eigenvalue weighted by atomic mass is 15.5. The van der Waals surface area contributed by atoms with Gasteiger partial charge in [-0.3, -0.25) is 0 Å². The van der Waals surface area contributed by atoms with E-state index in [9.17, 15) is 0 Å². The van der Waals surface area contributed by atoms with Crippen molar-refractivity contribution < 1.29 is 0 Å². The first-order valence-corrected chi connectivity index (χ1v) is 7.71. The lowest BCUT2D eigenvalue weighted by Gasteiger charge is -2.10. The number of para-hydroxylation sites is 2. The van der Waals surface area contributed by atoms with Gasteiger partial charge in [-0.2, -0.15) is 0 Å². The Labute approximate surface area is 130 Å². The Bertz CT molecular complexity index is 841. The minimum absolute atomic E-state index is 0.420. The van der Waals surface area contributed by atoms with Crippen molar-refractivity contribution in [3.63, 3.8) is 0 Å². The fourth-order valence-electron chi connectivity index (χ4n) is 3.54. The fourth-order valence-corrected chi connectivity index (χ4v) is 3.54. The fraction of sp³-hybridized carbons (Fsp3) is 0.100. The molecule has 2 heteroatoms. The molecule has 3 aromatic rings. The molecule has 0 aliphatic carbocycles. The second kappa shape index (κ2) is 4.38. The molecule has 3 aromatic carbocycles. The van der Waals surface area contributed by atoms with Crippen LogP contribution < -0.4 is 10.2 Å². The van der Waals surface area contributed by atoms with Gasteiger partial charge in [0.1, 0.15) is 6.17 Å². The van der Waals surface area contributed by atoms with Gasteiger partial charge in [-0.15, -0.1) is 0 Å². The summed E-state index contributed by atoms with van der Waals surface area (Å²) in [5.41, 5.74) is 6.52. The van der Waals surface area contributed by atoms with Crippen LogP contribution in [0, 0.1) is 0 Å². The number of rotatable bonds is 2. The van der Waals surface area contributed by atoms with E-state index in [2.05, 4.69) is 89.1 Å². The molecule has 1 fully saturated rings. The summed E-state index contributed by atoms with van der Waals surface area (Å²) in [7, 11) is 0. The highest BCUT2D eigenvalue weighted by Crippen LogP contribution is 2.54. The maximum atomic E-state index is 3.61. The number of hydrogen-bond donors (Lipinski definition) is 1. The second-order valence-corrected chi connectivity index (χ2v) is 5.95. The molecule has 5 rings (SSSR count). The summed E-state index contributed by atoms with van der Waals surface area (Å²) in [6.45, 7) is 0. The molecule has 2 heterocycles. The van der Waals surface area contributed by atoms with Crippen LogP contribution in [-0.2, 0) is 0 Å². The van der Waals surface area contributed by atoms with E-state index in [-0.39, 0.29) is 0 Å². The SMILES string of the molecule is c1ccc(-c2cccc(C3[C@H]4Nc5ccccc5N34)c2)cc1. The summed E-state index contributed by atoms with van der Waals surface area (Å²) in [5, 5.41) is 3.61. The van der Waals surface area contributed by atoms with Gasteiger partial charge in [0.15, 0.2) is 0 Å². The van der Waals surface area contributed by atoms with Gasteiger partial charge in [-0.25, -0.2) is 0 Å². The van der Waals surface area contributed by atoms with Crippen LogP contribution in [0.3, 0.4) is 0 Å². The van der Waals surface area contributed by atoms with Crippen molar-refractivity contribution in [1.82, 2.24) is 0 Å². The smallest absolute Gasteiger partial charge is 0.125 e. The molecule has 0 spiro atoms. The number of benzene rings is 3. The minimum Gasteiger partial charge on any atom is -0.362 e. The molecule has 2 nitrogen and oxygen atoms in total. The van der Waals surface area contributed by atoms with E-state index in [0.717, 1.165) is 0 Å². The van der Waals surface area contributed by atoms with E-state index in [1.807, 2.05) is 0 Å². The number of nitrogens with zero attached hydrogens (tertiary/aromatic N) is 1. The third-order valence-electron chi connectivity index (χ3n) is 4.63. The maximum absolute atomic E-state index is 3.61. The van der Waals surface area contributed by atoms with E-state index < -0.39 is 0 Å².